The molecule has 1 aliphatic rings. The number of rotatable bonds is 6. The van der Waals surface area contributed by atoms with Crippen molar-refractivity contribution in [2.45, 2.75) is 24.5 Å². The van der Waals surface area contributed by atoms with Crippen LogP contribution < -0.4 is 0 Å². The van der Waals surface area contributed by atoms with Gasteiger partial charge in [-0.1, -0.05) is 36.4 Å². The van der Waals surface area contributed by atoms with E-state index < -0.39 is 12.0 Å². The van der Waals surface area contributed by atoms with Gasteiger partial charge in [-0.15, -0.1) is 0 Å². The first-order valence-electron chi connectivity index (χ1n) is 9.72. The molecule has 1 heterocycles. The average molecular weight is 409 g/mol. The van der Waals surface area contributed by atoms with Crippen molar-refractivity contribution in [1.82, 2.24) is 4.90 Å². The molecule has 3 aromatic rings. The van der Waals surface area contributed by atoms with E-state index in [2.05, 4.69) is 0 Å². The zero-order valence-electron chi connectivity index (χ0n) is 16.1. The number of amides is 1. The third-order valence-corrected chi connectivity index (χ3v) is 5.56. The molecule has 154 valence electrons. The molecule has 0 aromatic heterocycles. The lowest BCUT2D eigenvalue weighted by atomic mass is 9.77. The van der Waals surface area contributed by atoms with Gasteiger partial charge in [0.2, 0.25) is 5.91 Å². The largest absolute Gasteiger partial charge is 0.508 e. The number of carbonyl (C=O) groups excluding carboxylic acids is 1. The Hall–Kier alpha value is -3.25. The Morgan fingerprint density at radius 1 is 0.833 bits per heavy atom. The van der Waals surface area contributed by atoms with Gasteiger partial charge in [-0.25, -0.2) is 8.78 Å². The number of hydrogen-bond acceptors (Lipinski definition) is 3. The number of halogens is 2. The fourth-order valence-electron chi connectivity index (χ4n) is 3.95. The van der Waals surface area contributed by atoms with E-state index in [4.69, 9.17) is 0 Å². The van der Waals surface area contributed by atoms with Crippen molar-refractivity contribution in [3.05, 3.63) is 101 Å². The van der Waals surface area contributed by atoms with Crippen LogP contribution in [0.2, 0.25) is 0 Å². The highest BCUT2D eigenvalue weighted by molar-refractivity contribution is 5.91. The maximum absolute atomic E-state index is 13.3. The van der Waals surface area contributed by atoms with Crippen LogP contribution in [0.5, 0.6) is 5.75 Å². The second-order valence-corrected chi connectivity index (χ2v) is 7.45. The maximum atomic E-state index is 13.3. The molecule has 1 amide bonds. The predicted molar refractivity (Wildman–Crippen MR) is 108 cm³/mol. The van der Waals surface area contributed by atoms with Crippen molar-refractivity contribution in [3.8, 4) is 5.75 Å². The van der Waals surface area contributed by atoms with E-state index in [1.807, 2.05) is 0 Å². The summed E-state index contributed by atoms with van der Waals surface area (Å²) >= 11 is 0. The lowest BCUT2D eigenvalue weighted by molar-refractivity contribution is -0.151. The molecule has 0 bridgehead atoms. The lowest BCUT2D eigenvalue weighted by Gasteiger charge is -2.48. The first kappa shape index (κ1) is 20.0. The summed E-state index contributed by atoms with van der Waals surface area (Å²) < 4.78 is 26.4. The molecule has 1 saturated heterocycles. The van der Waals surface area contributed by atoms with E-state index in [0.717, 1.165) is 11.1 Å². The average Bonchev–Trinajstić information content (AvgIpc) is 2.74. The minimum Gasteiger partial charge on any atom is -0.508 e. The molecular weight excluding hydrogens is 388 g/mol. The van der Waals surface area contributed by atoms with Gasteiger partial charge in [-0.3, -0.25) is 4.79 Å². The van der Waals surface area contributed by atoms with Crippen molar-refractivity contribution < 1.29 is 23.8 Å². The second-order valence-electron chi connectivity index (χ2n) is 7.45. The molecule has 1 aliphatic heterocycles. The van der Waals surface area contributed by atoms with Crippen LogP contribution in [0.1, 0.15) is 41.2 Å². The van der Waals surface area contributed by atoms with Gasteiger partial charge in [0.15, 0.2) is 0 Å². The van der Waals surface area contributed by atoms with Crippen molar-refractivity contribution >= 4 is 5.91 Å². The molecule has 0 unspecified atom stereocenters. The molecule has 6 heteroatoms. The fraction of sp³-hybridized carbons (Fsp3) is 0.208. The molecule has 0 radical (unpaired) electrons. The van der Waals surface area contributed by atoms with E-state index in [0.29, 0.717) is 18.5 Å². The van der Waals surface area contributed by atoms with E-state index in [1.54, 1.807) is 41.3 Å². The van der Waals surface area contributed by atoms with E-state index in [1.165, 1.54) is 36.4 Å². The number of likely N-dealkylation sites (tertiary alicyclic amines) is 1. The molecule has 0 saturated carbocycles. The summed E-state index contributed by atoms with van der Waals surface area (Å²) in [6.07, 6.45) is -0.536. The summed E-state index contributed by atoms with van der Waals surface area (Å²) in [6, 6.07) is 17.8. The molecule has 3 atom stereocenters. The first-order valence-corrected chi connectivity index (χ1v) is 9.72. The summed E-state index contributed by atoms with van der Waals surface area (Å²) in [5.74, 6) is -1.19. The first-order chi connectivity index (χ1) is 14.4. The summed E-state index contributed by atoms with van der Waals surface area (Å²) in [4.78, 5) is 14.6. The summed E-state index contributed by atoms with van der Waals surface area (Å²) in [7, 11) is 0. The standard InChI is InChI=1S/C24H21F2NO3/c25-18-7-1-15(2-8-18)21(29)13-14-27-23(17-5-11-20(28)12-6-17)22(24(27)30)16-3-9-19(26)10-4-16/h1-12,21-23,28-29H,13-14H2/t21-,22-,23-/m0/s1. The van der Waals surface area contributed by atoms with Gasteiger partial charge in [0, 0.05) is 6.54 Å². The third-order valence-electron chi connectivity index (χ3n) is 5.56. The van der Waals surface area contributed by atoms with Crippen molar-refractivity contribution in [3.63, 3.8) is 0 Å². The number of phenolic OH excluding ortho intramolecular Hbond substituents is 1. The molecule has 0 spiro atoms. The smallest absolute Gasteiger partial charge is 0.233 e. The zero-order chi connectivity index (χ0) is 21.3. The van der Waals surface area contributed by atoms with Crippen LogP contribution in [0.15, 0.2) is 72.8 Å². The number of phenols is 1. The number of benzene rings is 3. The predicted octanol–water partition coefficient (Wildman–Crippen LogP) is 4.46. The van der Waals surface area contributed by atoms with Gasteiger partial charge in [-0.05, 0) is 59.5 Å². The monoisotopic (exact) mass is 409 g/mol. The molecule has 3 aromatic carbocycles. The maximum Gasteiger partial charge on any atom is 0.233 e. The highest BCUT2D eigenvalue weighted by Gasteiger charge is 2.48. The Labute approximate surface area is 173 Å². The van der Waals surface area contributed by atoms with Gasteiger partial charge in [-0.2, -0.15) is 0 Å². The Morgan fingerprint density at radius 3 is 1.97 bits per heavy atom. The molecule has 4 rings (SSSR count). The summed E-state index contributed by atoms with van der Waals surface area (Å²) in [5.41, 5.74) is 2.15. The number of β-lactam (4-membered cyclic amide) rings is 1. The topological polar surface area (TPSA) is 60.8 Å². The van der Waals surface area contributed by atoms with E-state index in [9.17, 15) is 23.8 Å². The quantitative estimate of drug-likeness (QED) is 0.591. The minimum absolute atomic E-state index is 0.106. The molecule has 0 aliphatic carbocycles. The Kier molecular flexibility index (Phi) is 5.50. The van der Waals surface area contributed by atoms with Crippen LogP contribution >= 0.6 is 0 Å². The number of aliphatic hydroxyl groups is 1. The summed E-state index contributed by atoms with van der Waals surface area (Å²) in [6.45, 7) is 0.306. The van der Waals surface area contributed by atoms with Crippen LogP contribution in [0.25, 0.3) is 0 Å². The summed E-state index contributed by atoms with van der Waals surface area (Å²) in [5, 5.41) is 20.0. The normalized spacial score (nSPS) is 19.4. The highest BCUT2D eigenvalue weighted by Crippen LogP contribution is 2.47. The molecular formula is C24H21F2NO3. The van der Waals surface area contributed by atoms with Gasteiger partial charge in [0.25, 0.3) is 0 Å². The lowest BCUT2D eigenvalue weighted by Crippen LogP contribution is -2.53. The van der Waals surface area contributed by atoms with E-state index in [-0.39, 0.29) is 29.3 Å². The number of aromatic hydroxyl groups is 1. The van der Waals surface area contributed by atoms with Crippen LogP contribution in [0.3, 0.4) is 0 Å². The fourth-order valence-corrected chi connectivity index (χ4v) is 3.95. The van der Waals surface area contributed by atoms with Crippen molar-refractivity contribution in [2.75, 3.05) is 6.54 Å². The highest BCUT2D eigenvalue weighted by atomic mass is 19.1. The Balaban J connectivity index is 1.55. The number of aliphatic hydroxyl groups excluding tert-OH is 1. The van der Waals surface area contributed by atoms with Crippen LogP contribution in [0.4, 0.5) is 8.78 Å². The Morgan fingerprint density at radius 2 is 1.37 bits per heavy atom. The molecule has 1 fully saturated rings. The van der Waals surface area contributed by atoms with Gasteiger partial charge >= 0.3 is 0 Å². The van der Waals surface area contributed by atoms with Crippen LogP contribution in [0, 0.1) is 11.6 Å². The van der Waals surface area contributed by atoms with Crippen molar-refractivity contribution in [1.29, 1.82) is 0 Å². The second kappa shape index (κ2) is 8.24. The van der Waals surface area contributed by atoms with Crippen molar-refractivity contribution in [2.24, 2.45) is 0 Å². The number of nitrogens with zero attached hydrogens (tertiary/aromatic N) is 1. The van der Waals surface area contributed by atoms with Gasteiger partial charge in [0.05, 0.1) is 18.1 Å². The van der Waals surface area contributed by atoms with E-state index >= 15 is 0 Å². The zero-order valence-corrected chi connectivity index (χ0v) is 16.1. The van der Waals surface area contributed by atoms with Crippen LogP contribution in [-0.2, 0) is 4.79 Å². The number of hydrogen-bond donors (Lipinski definition) is 2. The SMILES string of the molecule is O=C1[C@@H](c2ccc(F)cc2)[C@H](c2ccc(O)cc2)N1CC[C@H](O)c1ccc(F)cc1. The van der Waals surface area contributed by atoms with Gasteiger partial charge in [0.1, 0.15) is 17.4 Å². The molecule has 4 nitrogen and oxygen atoms in total. The van der Waals surface area contributed by atoms with Crippen LogP contribution in [-0.4, -0.2) is 27.6 Å². The van der Waals surface area contributed by atoms with Gasteiger partial charge < -0.3 is 15.1 Å². The Bertz CT molecular complexity index is 1020. The number of carbonyl (C=O) groups is 1. The molecule has 30 heavy (non-hydrogen) atoms. The third kappa shape index (κ3) is 3.91. The molecule has 2 N–H and O–H groups in total. The minimum atomic E-state index is -0.830.